The molecule has 0 saturated carbocycles. The predicted molar refractivity (Wildman–Crippen MR) is 82.0 cm³/mol. The Kier molecular flexibility index (Phi) is 5.08. The normalized spacial score (nSPS) is 14.0. The molecule has 0 bridgehead atoms. The van der Waals surface area contributed by atoms with Gasteiger partial charge in [0.1, 0.15) is 11.6 Å². The van der Waals surface area contributed by atoms with Gasteiger partial charge in [0.25, 0.3) is 0 Å². The molecule has 2 atom stereocenters. The van der Waals surface area contributed by atoms with Crippen LogP contribution in [-0.2, 0) is 0 Å². The Morgan fingerprint density at radius 3 is 2.43 bits per heavy atom. The van der Waals surface area contributed by atoms with Crippen molar-refractivity contribution in [1.82, 2.24) is 0 Å². The Labute approximate surface area is 130 Å². The smallest absolute Gasteiger partial charge is 0.131 e. The number of rotatable bonds is 4. The van der Waals surface area contributed by atoms with Crippen LogP contribution in [0.25, 0.3) is 0 Å². The van der Waals surface area contributed by atoms with Crippen LogP contribution in [0.5, 0.6) is 0 Å². The number of nitrogens with two attached hydrogens (primary N) is 1. The van der Waals surface area contributed by atoms with E-state index in [4.69, 9.17) is 5.73 Å². The van der Waals surface area contributed by atoms with E-state index in [0.29, 0.717) is 0 Å². The summed E-state index contributed by atoms with van der Waals surface area (Å²) in [5, 5.41) is 10.5. The average molecular weight is 356 g/mol. The molecule has 2 rings (SSSR count). The number of aryl methyl sites for hydroxylation is 1. The molecule has 0 amide bonds. The summed E-state index contributed by atoms with van der Waals surface area (Å²) in [6.45, 7) is 1.67. The number of aliphatic hydroxyl groups is 1. The Hall–Kier alpha value is -1.30. The lowest BCUT2D eigenvalue weighted by Crippen LogP contribution is -2.21. The Morgan fingerprint density at radius 1 is 1.14 bits per heavy atom. The van der Waals surface area contributed by atoms with Gasteiger partial charge in [-0.25, -0.2) is 8.78 Å². The Balaban J connectivity index is 2.44. The summed E-state index contributed by atoms with van der Waals surface area (Å²) in [5.41, 5.74) is 6.88. The molecule has 0 aliphatic carbocycles. The van der Waals surface area contributed by atoms with Crippen LogP contribution >= 0.6 is 15.9 Å². The third-order valence-electron chi connectivity index (χ3n) is 3.54. The fraction of sp³-hybridized carbons (Fsp3) is 0.250. The summed E-state index contributed by atoms with van der Waals surface area (Å²) in [6.07, 6.45) is -1.15. The van der Waals surface area contributed by atoms with Crippen molar-refractivity contribution in [2.45, 2.75) is 18.9 Å². The fourth-order valence-corrected chi connectivity index (χ4v) is 2.90. The number of halogens is 3. The molecule has 2 aromatic rings. The van der Waals surface area contributed by atoms with E-state index < -0.39 is 23.7 Å². The van der Waals surface area contributed by atoms with Gasteiger partial charge in [-0.2, -0.15) is 0 Å². The maximum atomic E-state index is 13.9. The van der Waals surface area contributed by atoms with Crippen molar-refractivity contribution in [2.24, 2.45) is 5.73 Å². The maximum absolute atomic E-state index is 13.9. The fourth-order valence-electron chi connectivity index (χ4n) is 2.32. The minimum Gasteiger partial charge on any atom is -0.388 e. The van der Waals surface area contributed by atoms with Crippen molar-refractivity contribution in [3.63, 3.8) is 0 Å². The zero-order valence-corrected chi connectivity index (χ0v) is 13.1. The summed E-state index contributed by atoms with van der Waals surface area (Å²) in [6, 6.07) is 9.43. The minimum absolute atomic E-state index is 0.0557. The summed E-state index contributed by atoms with van der Waals surface area (Å²) in [7, 11) is 0. The third kappa shape index (κ3) is 3.31. The van der Waals surface area contributed by atoms with Crippen LogP contribution in [0.4, 0.5) is 8.78 Å². The zero-order chi connectivity index (χ0) is 15.6. The second-order valence-corrected chi connectivity index (χ2v) is 5.79. The maximum Gasteiger partial charge on any atom is 0.131 e. The van der Waals surface area contributed by atoms with E-state index in [1.807, 2.05) is 24.3 Å². The third-order valence-corrected chi connectivity index (χ3v) is 4.26. The van der Waals surface area contributed by atoms with Gasteiger partial charge in [-0.05, 0) is 30.2 Å². The molecule has 5 heteroatoms. The number of hydrogen-bond acceptors (Lipinski definition) is 2. The molecule has 0 heterocycles. The SMILES string of the molecule is Cc1cc(C(O)C(CN)c2ccccc2Br)c(F)cc1F. The molecular formula is C16H16BrF2NO. The van der Waals surface area contributed by atoms with Gasteiger partial charge in [-0.3, -0.25) is 0 Å². The molecule has 0 aliphatic heterocycles. The van der Waals surface area contributed by atoms with Gasteiger partial charge in [-0.1, -0.05) is 34.1 Å². The molecule has 0 saturated heterocycles. The standard InChI is InChI=1S/C16H16BrF2NO/c1-9-6-11(15(19)7-14(9)18)16(21)12(8-20)10-4-2-3-5-13(10)17/h2-7,12,16,21H,8,20H2,1H3. The van der Waals surface area contributed by atoms with Crippen molar-refractivity contribution in [1.29, 1.82) is 0 Å². The van der Waals surface area contributed by atoms with Crippen LogP contribution in [-0.4, -0.2) is 11.7 Å². The highest BCUT2D eigenvalue weighted by atomic mass is 79.9. The first-order valence-electron chi connectivity index (χ1n) is 6.53. The molecule has 0 aromatic heterocycles. The topological polar surface area (TPSA) is 46.2 Å². The largest absolute Gasteiger partial charge is 0.388 e. The van der Waals surface area contributed by atoms with E-state index in [1.165, 1.54) is 13.0 Å². The molecule has 2 unspecified atom stereocenters. The van der Waals surface area contributed by atoms with Crippen LogP contribution in [0.3, 0.4) is 0 Å². The molecule has 112 valence electrons. The highest BCUT2D eigenvalue weighted by molar-refractivity contribution is 9.10. The summed E-state index contributed by atoms with van der Waals surface area (Å²) in [5.74, 6) is -1.88. The van der Waals surface area contributed by atoms with Crippen molar-refractivity contribution >= 4 is 15.9 Å². The first-order chi connectivity index (χ1) is 9.95. The summed E-state index contributed by atoms with van der Waals surface area (Å²) in [4.78, 5) is 0. The second kappa shape index (κ2) is 6.64. The highest BCUT2D eigenvalue weighted by Gasteiger charge is 2.26. The molecular weight excluding hydrogens is 340 g/mol. The van der Waals surface area contributed by atoms with Gasteiger partial charge in [0.15, 0.2) is 0 Å². The molecule has 2 nitrogen and oxygen atoms in total. The second-order valence-electron chi connectivity index (χ2n) is 4.93. The first kappa shape index (κ1) is 16.1. The van der Waals surface area contributed by atoms with Gasteiger partial charge in [0.2, 0.25) is 0 Å². The van der Waals surface area contributed by atoms with Crippen molar-refractivity contribution in [3.05, 3.63) is 69.2 Å². The Morgan fingerprint density at radius 2 is 1.81 bits per heavy atom. The van der Waals surface area contributed by atoms with E-state index in [0.717, 1.165) is 16.1 Å². The average Bonchev–Trinajstić information content (AvgIpc) is 2.45. The van der Waals surface area contributed by atoms with Crippen LogP contribution in [0.15, 0.2) is 40.9 Å². The van der Waals surface area contributed by atoms with Gasteiger partial charge >= 0.3 is 0 Å². The van der Waals surface area contributed by atoms with Crippen LogP contribution in [0.1, 0.15) is 28.7 Å². The Bertz CT molecular complexity index is 648. The summed E-state index contributed by atoms with van der Waals surface area (Å²) >= 11 is 3.40. The van der Waals surface area contributed by atoms with Crippen molar-refractivity contribution in [3.8, 4) is 0 Å². The number of aliphatic hydroxyl groups excluding tert-OH is 1. The van der Waals surface area contributed by atoms with Gasteiger partial charge in [0, 0.05) is 28.6 Å². The minimum atomic E-state index is -1.15. The van der Waals surface area contributed by atoms with E-state index >= 15 is 0 Å². The highest BCUT2D eigenvalue weighted by Crippen LogP contribution is 2.35. The number of hydrogen-bond donors (Lipinski definition) is 2. The molecule has 21 heavy (non-hydrogen) atoms. The predicted octanol–water partition coefficient (Wildman–Crippen LogP) is 3.81. The van der Waals surface area contributed by atoms with Gasteiger partial charge in [-0.15, -0.1) is 0 Å². The van der Waals surface area contributed by atoms with Gasteiger partial charge < -0.3 is 10.8 Å². The summed E-state index contributed by atoms with van der Waals surface area (Å²) < 4.78 is 28.1. The van der Waals surface area contributed by atoms with Crippen molar-refractivity contribution in [2.75, 3.05) is 6.54 Å². The van der Waals surface area contributed by atoms with Crippen LogP contribution < -0.4 is 5.73 Å². The van der Waals surface area contributed by atoms with E-state index in [-0.39, 0.29) is 17.7 Å². The monoisotopic (exact) mass is 355 g/mol. The lowest BCUT2D eigenvalue weighted by Gasteiger charge is -2.24. The van der Waals surface area contributed by atoms with Crippen molar-refractivity contribution < 1.29 is 13.9 Å². The zero-order valence-electron chi connectivity index (χ0n) is 11.5. The quantitative estimate of drug-likeness (QED) is 0.875. The molecule has 0 spiro atoms. The molecule has 0 aliphatic rings. The number of benzene rings is 2. The van der Waals surface area contributed by atoms with E-state index in [1.54, 1.807) is 0 Å². The molecule has 0 fully saturated rings. The van der Waals surface area contributed by atoms with E-state index in [9.17, 15) is 13.9 Å². The molecule has 0 radical (unpaired) electrons. The molecule has 2 aromatic carbocycles. The van der Waals surface area contributed by atoms with Crippen LogP contribution in [0, 0.1) is 18.6 Å². The van der Waals surface area contributed by atoms with E-state index in [2.05, 4.69) is 15.9 Å². The lowest BCUT2D eigenvalue weighted by atomic mass is 9.88. The lowest BCUT2D eigenvalue weighted by molar-refractivity contribution is 0.142. The van der Waals surface area contributed by atoms with Gasteiger partial charge in [0.05, 0.1) is 6.10 Å². The first-order valence-corrected chi connectivity index (χ1v) is 7.33. The molecule has 3 N–H and O–H groups in total. The van der Waals surface area contributed by atoms with Crippen LogP contribution in [0.2, 0.25) is 0 Å².